The third-order valence-corrected chi connectivity index (χ3v) is 3.89. The number of benzene rings is 2. The van der Waals surface area contributed by atoms with Gasteiger partial charge < -0.3 is 9.84 Å². The van der Waals surface area contributed by atoms with Crippen LogP contribution in [0.3, 0.4) is 0 Å². The first-order valence-electron chi connectivity index (χ1n) is 7.62. The second-order valence-corrected chi connectivity index (χ2v) is 5.95. The van der Waals surface area contributed by atoms with Crippen molar-refractivity contribution in [3.8, 4) is 11.4 Å². The molecule has 0 unspecified atom stereocenters. The van der Waals surface area contributed by atoms with E-state index in [1.807, 2.05) is 31.2 Å². The highest BCUT2D eigenvalue weighted by molar-refractivity contribution is 6.30. The Labute approximate surface area is 148 Å². The Balaban J connectivity index is 1.60. The Hall–Kier alpha value is -2.73. The minimum Gasteiger partial charge on any atom is -0.347 e. The second kappa shape index (κ2) is 7.44. The summed E-state index contributed by atoms with van der Waals surface area (Å²) in [6.45, 7) is 2.03. The van der Waals surface area contributed by atoms with Gasteiger partial charge in [-0.3, -0.25) is 4.79 Å². The lowest BCUT2D eigenvalue weighted by molar-refractivity contribution is -0.120. The molecule has 0 aliphatic heterocycles. The van der Waals surface area contributed by atoms with E-state index in [2.05, 4.69) is 15.5 Å². The zero-order valence-corrected chi connectivity index (χ0v) is 14.2. The molecule has 0 fully saturated rings. The van der Waals surface area contributed by atoms with Crippen LogP contribution >= 0.6 is 11.6 Å². The van der Waals surface area contributed by atoms with Gasteiger partial charge in [0.25, 0.3) is 0 Å². The van der Waals surface area contributed by atoms with E-state index in [1.165, 1.54) is 12.1 Å². The van der Waals surface area contributed by atoms with E-state index >= 15 is 0 Å². The standard InChI is InChI=1S/C18H15ClFN3O2/c1-11-4-2-3-5-14(11)18-22-17(25-23-18)10-21-16(24)8-12-6-7-13(19)9-15(12)20/h2-7,9H,8,10H2,1H3,(H,21,24). The van der Waals surface area contributed by atoms with Crippen LogP contribution in [0.5, 0.6) is 0 Å². The van der Waals surface area contributed by atoms with E-state index in [0.717, 1.165) is 11.1 Å². The molecule has 1 aromatic heterocycles. The molecule has 128 valence electrons. The largest absolute Gasteiger partial charge is 0.347 e. The number of carbonyl (C=O) groups is 1. The Morgan fingerprint density at radius 1 is 1.28 bits per heavy atom. The lowest BCUT2D eigenvalue weighted by atomic mass is 10.1. The van der Waals surface area contributed by atoms with Crippen LogP contribution in [0.4, 0.5) is 4.39 Å². The van der Waals surface area contributed by atoms with Crippen LogP contribution in [-0.2, 0) is 17.8 Å². The zero-order valence-electron chi connectivity index (χ0n) is 13.4. The lowest BCUT2D eigenvalue weighted by Gasteiger charge is -2.04. The van der Waals surface area contributed by atoms with Crippen molar-refractivity contribution in [2.45, 2.75) is 19.9 Å². The summed E-state index contributed by atoms with van der Waals surface area (Å²) in [6, 6.07) is 11.9. The van der Waals surface area contributed by atoms with Crippen molar-refractivity contribution < 1.29 is 13.7 Å². The maximum absolute atomic E-state index is 13.7. The van der Waals surface area contributed by atoms with Crippen LogP contribution in [0.1, 0.15) is 17.0 Å². The summed E-state index contributed by atoms with van der Waals surface area (Å²) >= 11 is 5.69. The topological polar surface area (TPSA) is 68.0 Å². The number of rotatable bonds is 5. The van der Waals surface area contributed by atoms with E-state index in [1.54, 1.807) is 6.07 Å². The molecule has 1 amide bonds. The normalized spacial score (nSPS) is 10.7. The number of carbonyl (C=O) groups excluding carboxylic acids is 1. The van der Waals surface area contributed by atoms with Crippen molar-refractivity contribution in [3.63, 3.8) is 0 Å². The van der Waals surface area contributed by atoms with Gasteiger partial charge in [-0.1, -0.05) is 47.1 Å². The van der Waals surface area contributed by atoms with Crippen LogP contribution in [0, 0.1) is 12.7 Å². The van der Waals surface area contributed by atoms with E-state index in [-0.39, 0.29) is 35.3 Å². The number of aryl methyl sites for hydroxylation is 1. The van der Waals surface area contributed by atoms with E-state index in [9.17, 15) is 9.18 Å². The van der Waals surface area contributed by atoms with Gasteiger partial charge >= 0.3 is 0 Å². The molecule has 0 saturated carbocycles. The van der Waals surface area contributed by atoms with E-state index in [4.69, 9.17) is 16.1 Å². The highest BCUT2D eigenvalue weighted by Crippen LogP contribution is 2.19. The minimum atomic E-state index is -0.512. The Morgan fingerprint density at radius 2 is 2.08 bits per heavy atom. The van der Waals surface area contributed by atoms with Gasteiger partial charge in [0, 0.05) is 10.6 Å². The first kappa shape index (κ1) is 17.1. The molecule has 5 nitrogen and oxygen atoms in total. The molecule has 0 aliphatic carbocycles. The molecule has 0 bridgehead atoms. The molecule has 0 spiro atoms. The zero-order chi connectivity index (χ0) is 17.8. The minimum absolute atomic E-state index is 0.0763. The number of amides is 1. The summed E-state index contributed by atoms with van der Waals surface area (Å²) in [5.41, 5.74) is 2.16. The fourth-order valence-corrected chi connectivity index (χ4v) is 2.49. The molecule has 0 radical (unpaired) electrons. The molecule has 25 heavy (non-hydrogen) atoms. The Morgan fingerprint density at radius 3 is 2.84 bits per heavy atom. The molecule has 7 heteroatoms. The summed E-state index contributed by atoms with van der Waals surface area (Å²) in [5.74, 6) is -0.117. The Bertz CT molecular complexity index is 911. The first-order valence-corrected chi connectivity index (χ1v) is 8.00. The summed E-state index contributed by atoms with van der Waals surface area (Å²) in [4.78, 5) is 16.2. The predicted octanol–water partition coefficient (Wildman–Crippen LogP) is 3.70. The fraction of sp³-hybridized carbons (Fsp3) is 0.167. The number of aromatic nitrogens is 2. The molecule has 0 saturated heterocycles. The third-order valence-electron chi connectivity index (χ3n) is 3.66. The van der Waals surface area contributed by atoms with Crippen molar-refractivity contribution in [1.82, 2.24) is 15.5 Å². The molecule has 2 aromatic carbocycles. The first-order chi connectivity index (χ1) is 12.0. The monoisotopic (exact) mass is 359 g/mol. The quantitative estimate of drug-likeness (QED) is 0.754. The van der Waals surface area contributed by atoms with Crippen LogP contribution in [0.2, 0.25) is 5.02 Å². The van der Waals surface area contributed by atoms with Crippen molar-refractivity contribution in [1.29, 1.82) is 0 Å². The molecule has 3 rings (SSSR count). The predicted molar refractivity (Wildman–Crippen MR) is 91.4 cm³/mol. The van der Waals surface area contributed by atoms with Gasteiger partial charge in [-0.2, -0.15) is 4.98 Å². The van der Waals surface area contributed by atoms with Gasteiger partial charge in [-0.25, -0.2) is 4.39 Å². The number of hydrogen-bond donors (Lipinski definition) is 1. The number of halogens is 2. The van der Waals surface area contributed by atoms with Gasteiger partial charge in [-0.15, -0.1) is 0 Å². The van der Waals surface area contributed by atoms with Gasteiger partial charge in [0.15, 0.2) is 0 Å². The fourth-order valence-electron chi connectivity index (χ4n) is 2.33. The SMILES string of the molecule is Cc1ccccc1-c1noc(CNC(=O)Cc2ccc(Cl)cc2F)n1. The van der Waals surface area contributed by atoms with Crippen LogP contribution in [0.25, 0.3) is 11.4 Å². The molecule has 1 heterocycles. The van der Waals surface area contributed by atoms with Gasteiger partial charge in [-0.05, 0) is 30.2 Å². The summed E-state index contributed by atoms with van der Waals surface area (Å²) in [6.07, 6.45) is -0.0954. The highest BCUT2D eigenvalue weighted by Gasteiger charge is 2.13. The highest BCUT2D eigenvalue weighted by atomic mass is 35.5. The summed E-state index contributed by atoms with van der Waals surface area (Å²) in [7, 11) is 0. The molecule has 1 N–H and O–H groups in total. The molecule has 0 atom stereocenters. The lowest BCUT2D eigenvalue weighted by Crippen LogP contribution is -2.25. The molecule has 0 aliphatic rings. The number of nitrogens with one attached hydrogen (secondary N) is 1. The van der Waals surface area contributed by atoms with Crippen LogP contribution < -0.4 is 5.32 Å². The number of hydrogen-bond acceptors (Lipinski definition) is 4. The number of nitrogens with zero attached hydrogens (tertiary/aromatic N) is 2. The molecular formula is C18H15ClFN3O2. The molecule has 3 aromatic rings. The Kier molecular flexibility index (Phi) is 5.09. The average molecular weight is 360 g/mol. The van der Waals surface area contributed by atoms with Gasteiger partial charge in [0.05, 0.1) is 13.0 Å². The van der Waals surface area contributed by atoms with Crippen molar-refractivity contribution in [3.05, 3.63) is 70.3 Å². The van der Waals surface area contributed by atoms with E-state index < -0.39 is 5.82 Å². The van der Waals surface area contributed by atoms with Crippen molar-refractivity contribution in [2.24, 2.45) is 0 Å². The van der Waals surface area contributed by atoms with Crippen molar-refractivity contribution >= 4 is 17.5 Å². The van der Waals surface area contributed by atoms with Crippen molar-refractivity contribution in [2.75, 3.05) is 0 Å². The van der Waals surface area contributed by atoms with Gasteiger partial charge in [0.2, 0.25) is 17.6 Å². The second-order valence-electron chi connectivity index (χ2n) is 5.52. The van der Waals surface area contributed by atoms with E-state index in [0.29, 0.717) is 5.82 Å². The van der Waals surface area contributed by atoms with Crippen LogP contribution in [-0.4, -0.2) is 16.0 Å². The van der Waals surface area contributed by atoms with Gasteiger partial charge in [0.1, 0.15) is 5.82 Å². The maximum atomic E-state index is 13.7. The summed E-state index contributed by atoms with van der Waals surface area (Å²) < 4.78 is 18.8. The third kappa shape index (κ3) is 4.22. The summed E-state index contributed by atoms with van der Waals surface area (Å²) in [5, 5.41) is 6.84. The smallest absolute Gasteiger partial charge is 0.246 e. The van der Waals surface area contributed by atoms with Crippen LogP contribution in [0.15, 0.2) is 47.0 Å². The molecular weight excluding hydrogens is 345 g/mol. The average Bonchev–Trinajstić information content (AvgIpc) is 3.05. The maximum Gasteiger partial charge on any atom is 0.246 e.